The average molecular weight is 282 g/mol. The number of hydrogen-bond acceptors (Lipinski definition) is 5. The zero-order chi connectivity index (χ0) is 13.8. The lowest BCUT2D eigenvalue weighted by Gasteiger charge is -2.30. The van der Waals surface area contributed by atoms with Crippen molar-refractivity contribution in [2.75, 3.05) is 13.6 Å². The van der Waals surface area contributed by atoms with Crippen LogP contribution in [0.5, 0.6) is 0 Å². The van der Waals surface area contributed by atoms with Crippen LogP contribution < -0.4 is 5.32 Å². The average Bonchev–Trinajstić information content (AvgIpc) is 2.83. The Morgan fingerprint density at radius 1 is 1.58 bits per heavy atom. The maximum Gasteiger partial charge on any atom is 0.265 e. The van der Waals surface area contributed by atoms with E-state index in [4.69, 9.17) is 0 Å². The van der Waals surface area contributed by atoms with Gasteiger partial charge in [0, 0.05) is 26.1 Å². The molecule has 0 aromatic carbocycles. The third kappa shape index (κ3) is 3.28. The van der Waals surface area contributed by atoms with E-state index >= 15 is 0 Å². The van der Waals surface area contributed by atoms with Crippen LogP contribution in [-0.4, -0.2) is 45.9 Å². The van der Waals surface area contributed by atoms with E-state index in [0.29, 0.717) is 24.3 Å². The van der Waals surface area contributed by atoms with Crippen LogP contribution >= 0.6 is 11.5 Å². The molecule has 2 heterocycles. The lowest BCUT2D eigenvalue weighted by Crippen LogP contribution is -2.48. The van der Waals surface area contributed by atoms with Crippen molar-refractivity contribution in [3.63, 3.8) is 0 Å². The number of likely N-dealkylation sites (tertiary alicyclic amines) is 1. The van der Waals surface area contributed by atoms with Gasteiger partial charge in [-0.15, -0.1) is 5.10 Å². The first-order chi connectivity index (χ1) is 9.11. The Labute approximate surface area is 116 Å². The van der Waals surface area contributed by atoms with Gasteiger partial charge in [-0.25, -0.2) is 0 Å². The normalized spacial score (nSPS) is 19.6. The second kappa shape index (κ2) is 6.10. The lowest BCUT2D eigenvalue weighted by atomic mass is 10.1. The first-order valence-corrected chi connectivity index (χ1v) is 7.25. The van der Waals surface area contributed by atoms with Crippen LogP contribution in [0.15, 0.2) is 0 Å². The van der Waals surface area contributed by atoms with Gasteiger partial charge in [0.1, 0.15) is 4.88 Å². The zero-order valence-electron chi connectivity index (χ0n) is 11.2. The Bertz CT molecular complexity index is 474. The molecule has 1 atom stereocenters. The molecule has 1 aromatic heterocycles. The highest BCUT2D eigenvalue weighted by Gasteiger charge is 2.25. The highest BCUT2D eigenvalue weighted by molar-refractivity contribution is 7.08. The number of hydrogen-bond donors (Lipinski definition) is 1. The van der Waals surface area contributed by atoms with Gasteiger partial charge in [-0.3, -0.25) is 9.59 Å². The summed E-state index contributed by atoms with van der Waals surface area (Å²) >= 11 is 1.13. The summed E-state index contributed by atoms with van der Waals surface area (Å²) in [5.74, 6) is 0.0165. The number of nitrogens with zero attached hydrogens (tertiary/aromatic N) is 3. The van der Waals surface area contributed by atoms with Crippen molar-refractivity contribution in [2.24, 2.45) is 0 Å². The van der Waals surface area contributed by atoms with Crippen molar-refractivity contribution in [1.82, 2.24) is 19.8 Å². The van der Waals surface area contributed by atoms with E-state index in [1.165, 1.54) is 0 Å². The molecule has 2 rings (SSSR count). The van der Waals surface area contributed by atoms with Crippen molar-refractivity contribution in [3.05, 3.63) is 10.6 Å². The number of amides is 2. The molecule has 1 aliphatic rings. The van der Waals surface area contributed by atoms with Crippen LogP contribution in [0.3, 0.4) is 0 Å². The van der Waals surface area contributed by atoms with Crippen LogP contribution in [0.1, 0.15) is 41.6 Å². The molecule has 1 saturated heterocycles. The molecule has 1 aromatic rings. The molecule has 0 unspecified atom stereocenters. The van der Waals surface area contributed by atoms with E-state index in [0.717, 1.165) is 30.1 Å². The van der Waals surface area contributed by atoms with E-state index in [1.54, 1.807) is 11.9 Å². The minimum Gasteiger partial charge on any atom is -0.347 e. The van der Waals surface area contributed by atoms with Crippen LogP contribution in [0, 0.1) is 0 Å². The molecular formula is C12H18N4O2S. The Kier molecular flexibility index (Phi) is 4.47. The second-order valence-corrected chi connectivity index (χ2v) is 5.54. The van der Waals surface area contributed by atoms with Gasteiger partial charge in [-0.1, -0.05) is 17.8 Å². The Morgan fingerprint density at radius 3 is 3.05 bits per heavy atom. The molecule has 1 N–H and O–H groups in total. The first kappa shape index (κ1) is 13.9. The fourth-order valence-corrected chi connectivity index (χ4v) is 2.77. The van der Waals surface area contributed by atoms with Gasteiger partial charge in [-0.2, -0.15) is 0 Å². The summed E-state index contributed by atoms with van der Waals surface area (Å²) in [6, 6.07) is 0.0202. The Morgan fingerprint density at radius 2 is 2.37 bits per heavy atom. The quantitative estimate of drug-likeness (QED) is 0.888. The molecule has 0 bridgehead atoms. The number of piperidine rings is 1. The van der Waals surface area contributed by atoms with Crippen LogP contribution in [-0.2, 0) is 11.2 Å². The van der Waals surface area contributed by atoms with E-state index < -0.39 is 0 Å². The number of likely N-dealkylation sites (N-methyl/N-ethyl adjacent to an activating group) is 1. The van der Waals surface area contributed by atoms with Crippen molar-refractivity contribution < 1.29 is 9.59 Å². The first-order valence-electron chi connectivity index (χ1n) is 6.47. The molecule has 6 nitrogen and oxygen atoms in total. The monoisotopic (exact) mass is 282 g/mol. The van der Waals surface area contributed by atoms with Crippen LogP contribution in [0.25, 0.3) is 0 Å². The Balaban J connectivity index is 1.97. The standard InChI is InChI=1S/C12H18N4O2S/c1-3-4-9-11(19-15-14-9)12(18)13-8-5-6-10(17)16(2)7-8/h8H,3-7H2,1-2H3,(H,13,18)/t8-/m1/s1. The zero-order valence-corrected chi connectivity index (χ0v) is 12.0. The molecule has 1 aliphatic heterocycles. The molecule has 0 spiro atoms. The number of rotatable bonds is 4. The van der Waals surface area contributed by atoms with Crippen molar-refractivity contribution in [3.8, 4) is 0 Å². The minimum absolute atomic E-state index is 0.0202. The molecule has 7 heteroatoms. The summed E-state index contributed by atoms with van der Waals surface area (Å²) in [7, 11) is 1.76. The molecule has 0 saturated carbocycles. The summed E-state index contributed by atoms with van der Waals surface area (Å²) in [5.41, 5.74) is 0.769. The van der Waals surface area contributed by atoms with Crippen LogP contribution in [0.2, 0.25) is 0 Å². The highest BCUT2D eigenvalue weighted by atomic mass is 32.1. The topological polar surface area (TPSA) is 75.2 Å². The number of carbonyl (C=O) groups is 2. The van der Waals surface area contributed by atoms with Gasteiger partial charge < -0.3 is 10.2 Å². The number of nitrogens with one attached hydrogen (secondary N) is 1. The van der Waals surface area contributed by atoms with Gasteiger partial charge in [0.25, 0.3) is 5.91 Å². The Hall–Kier alpha value is -1.50. The summed E-state index contributed by atoms with van der Waals surface area (Å²) in [6.07, 6.45) is 2.89. The van der Waals surface area contributed by atoms with Crippen molar-refractivity contribution in [1.29, 1.82) is 0 Å². The van der Waals surface area contributed by atoms with Gasteiger partial charge in [0.05, 0.1) is 5.69 Å². The summed E-state index contributed by atoms with van der Waals surface area (Å²) in [6.45, 7) is 2.61. The fourth-order valence-electron chi connectivity index (χ4n) is 2.16. The predicted octanol–water partition coefficient (Wildman–Crippen LogP) is 0.841. The van der Waals surface area contributed by atoms with Gasteiger partial charge in [-0.05, 0) is 24.4 Å². The van der Waals surface area contributed by atoms with Gasteiger partial charge in [0.2, 0.25) is 5.91 Å². The number of aromatic nitrogens is 2. The number of aryl methyl sites for hydroxylation is 1. The molecule has 2 amide bonds. The molecule has 19 heavy (non-hydrogen) atoms. The lowest BCUT2D eigenvalue weighted by molar-refractivity contribution is -0.132. The molecule has 104 valence electrons. The van der Waals surface area contributed by atoms with E-state index in [1.807, 2.05) is 6.92 Å². The predicted molar refractivity (Wildman–Crippen MR) is 72.0 cm³/mol. The fraction of sp³-hybridized carbons (Fsp3) is 0.667. The summed E-state index contributed by atoms with van der Waals surface area (Å²) in [5, 5.41) is 6.96. The van der Waals surface area contributed by atoms with Crippen molar-refractivity contribution >= 4 is 23.3 Å². The summed E-state index contributed by atoms with van der Waals surface area (Å²) < 4.78 is 3.85. The molecule has 0 radical (unpaired) electrons. The summed E-state index contributed by atoms with van der Waals surface area (Å²) in [4.78, 5) is 25.8. The molecule has 1 fully saturated rings. The second-order valence-electron chi connectivity index (χ2n) is 4.78. The SMILES string of the molecule is CCCc1nnsc1C(=O)N[C@@H]1CCC(=O)N(C)C1. The van der Waals surface area contributed by atoms with E-state index in [-0.39, 0.29) is 17.9 Å². The van der Waals surface area contributed by atoms with Crippen LogP contribution in [0.4, 0.5) is 0 Å². The smallest absolute Gasteiger partial charge is 0.265 e. The third-order valence-corrected chi connectivity index (χ3v) is 3.98. The largest absolute Gasteiger partial charge is 0.347 e. The molecular weight excluding hydrogens is 264 g/mol. The van der Waals surface area contributed by atoms with E-state index in [2.05, 4.69) is 14.9 Å². The van der Waals surface area contributed by atoms with E-state index in [9.17, 15) is 9.59 Å². The third-order valence-electron chi connectivity index (χ3n) is 3.21. The number of carbonyl (C=O) groups excluding carboxylic acids is 2. The maximum absolute atomic E-state index is 12.2. The maximum atomic E-state index is 12.2. The molecule has 0 aliphatic carbocycles. The minimum atomic E-state index is -0.119. The van der Waals surface area contributed by atoms with Crippen molar-refractivity contribution in [2.45, 2.75) is 38.6 Å². The highest BCUT2D eigenvalue weighted by Crippen LogP contribution is 2.15. The van der Waals surface area contributed by atoms with Gasteiger partial charge in [0.15, 0.2) is 0 Å². The van der Waals surface area contributed by atoms with Gasteiger partial charge >= 0.3 is 0 Å².